The van der Waals surface area contributed by atoms with E-state index in [1.54, 1.807) is 44.3 Å². The Bertz CT molecular complexity index is 571. The maximum atomic E-state index is 12.8. The van der Waals surface area contributed by atoms with Gasteiger partial charge in [0.1, 0.15) is 17.5 Å². The van der Waals surface area contributed by atoms with Gasteiger partial charge in [0.15, 0.2) is 0 Å². The molecule has 2 rings (SSSR count). The van der Waals surface area contributed by atoms with E-state index in [1.165, 1.54) is 12.0 Å². The monoisotopic (exact) mass is 306 g/mol. The van der Waals surface area contributed by atoms with Gasteiger partial charge in [-0.05, 0) is 25.0 Å². The van der Waals surface area contributed by atoms with Crippen LogP contribution in [0.5, 0.6) is 11.5 Å². The summed E-state index contributed by atoms with van der Waals surface area (Å²) in [6.07, 6.45) is 1.52. The van der Waals surface area contributed by atoms with Crippen LogP contribution in [-0.2, 0) is 4.79 Å². The normalized spacial score (nSPS) is 17.3. The van der Waals surface area contributed by atoms with Crippen LogP contribution in [0, 0.1) is 0 Å². The third-order valence-electron chi connectivity index (χ3n) is 3.88. The lowest BCUT2D eigenvalue weighted by molar-refractivity contribution is -0.132. The van der Waals surface area contributed by atoms with E-state index >= 15 is 0 Å². The van der Waals surface area contributed by atoms with Gasteiger partial charge in [-0.1, -0.05) is 0 Å². The largest absolute Gasteiger partial charge is 0.497 e. The lowest BCUT2D eigenvalue weighted by Crippen LogP contribution is -2.45. The van der Waals surface area contributed by atoms with Crippen LogP contribution in [0.4, 0.5) is 0 Å². The first-order chi connectivity index (χ1) is 10.5. The van der Waals surface area contributed by atoms with Crippen molar-refractivity contribution in [3.05, 3.63) is 23.8 Å². The molecule has 1 aliphatic rings. The molecule has 0 aromatic heterocycles. The standard InChI is InChI=1S/C16H22N2O4/c1-17(2)16(20)13-6-5-9-18(13)15(19)12-8-7-11(21-3)10-14(12)22-4/h7-8,10,13H,5-6,9H2,1-4H3/t13-/m0/s1. The molecule has 1 aliphatic heterocycles. The second kappa shape index (κ2) is 6.68. The summed E-state index contributed by atoms with van der Waals surface area (Å²) < 4.78 is 10.4. The van der Waals surface area contributed by atoms with E-state index in [1.807, 2.05) is 0 Å². The molecule has 6 heteroatoms. The summed E-state index contributed by atoms with van der Waals surface area (Å²) in [7, 11) is 6.48. The fourth-order valence-electron chi connectivity index (χ4n) is 2.69. The number of hydrogen-bond donors (Lipinski definition) is 0. The number of hydrogen-bond acceptors (Lipinski definition) is 4. The van der Waals surface area contributed by atoms with Gasteiger partial charge in [-0.3, -0.25) is 9.59 Å². The third kappa shape index (κ3) is 3.00. The van der Waals surface area contributed by atoms with Crippen LogP contribution in [0.2, 0.25) is 0 Å². The Hall–Kier alpha value is -2.24. The number of ether oxygens (including phenoxy) is 2. The van der Waals surface area contributed by atoms with Crippen LogP contribution in [0.1, 0.15) is 23.2 Å². The van der Waals surface area contributed by atoms with E-state index in [2.05, 4.69) is 0 Å². The van der Waals surface area contributed by atoms with Crippen LogP contribution < -0.4 is 9.47 Å². The Labute approximate surface area is 130 Å². The van der Waals surface area contributed by atoms with Gasteiger partial charge in [0.2, 0.25) is 5.91 Å². The van der Waals surface area contributed by atoms with E-state index in [9.17, 15) is 9.59 Å². The first kappa shape index (κ1) is 16.1. The van der Waals surface area contributed by atoms with Gasteiger partial charge in [0.25, 0.3) is 5.91 Å². The van der Waals surface area contributed by atoms with E-state index in [0.29, 0.717) is 30.0 Å². The van der Waals surface area contributed by atoms with Crippen molar-refractivity contribution in [1.82, 2.24) is 9.80 Å². The highest BCUT2D eigenvalue weighted by Crippen LogP contribution is 2.28. The van der Waals surface area contributed by atoms with Gasteiger partial charge in [0, 0.05) is 26.7 Å². The van der Waals surface area contributed by atoms with Gasteiger partial charge in [-0.2, -0.15) is 0 Å². The van der Waals surface area contributed by atoms with Crippen molar-refractivity contribution in [3.8, 4) is 11.5 Å². The number of nitrogens with zero attached hydrogens (tertiary/aromatic N) is 2. The number of rotatable bonds is 4. The van der Waals surface area contributed by atoms with Gasteiger partial charge in [-0.25, -0.2) is 0 Å². The fraction of sp³-hybridized carbons (Fsp3) is 0.500. The van der Waals surface area contributed by atoms with Crippen molar-refractivity contribution in [3.63, 3.8) is 0 Å². The number of likely N-dealkylation sites (N-methyl/N-ethyl adjacent to an activating group) is 1. The molecular weight excluding hydrogens is 284 g/mol. The van der Waals surface area contributed by atoms with Crippen molar-refractivity contribution in [2.75, 3.05) is 34.9 Å². The molecule has 0 saturated carbocycles. The minimum absolute atomic E-state index is 0.0432. The molecule has 6 nitrogen and oxygen atoms in total. The Morgan fingerprint density at radius 2 is 1.95 bits per heavy atom. The number of amides is 2. The fourth-order valence-corrected chi connectivity index (χ4v) is 2.69. The molecule has 1 aromatic carbocycles. The van der Waals surface area contributed by atoms with Gasteiger partial charge >= 0.3 is 0 Å². The van der Waals surface area contributed by atoms with E-state index in [-0.39, 0.29) is 11.8 Å². The molecule has 0 N–H and O–H groups in total. The number of carbonyl (C=O) groups is 2. The molecule has 1 fully saturated rings. The van der Waals surface area contributed by atoms with Crippen molar-refractivity contribution < 1.29 is 19.1 Å². The van der Waals surface area contributed by atoms with Crippen LogP contribution in [0.3, 0.4) is 0 Å². The predicted octanol–water partition coefficient (Wildman–Crippen LogP) is 1.40. The summed E-state index contributed by atoms with van der Waals surface area (Å²) in [6.45, 7) is 0.582. The Morgan fingerprint density at radius 3 is 2.55 bits per heavy atom. The van der Waals surface area contributed by atoms with Crippen LogP contribution in [0.15, 0.2) is 18.2 Å². The number of benzene rings is 1. The number of carbonyl (C=O) groups excluding carboxylic acids is 2. The van der Waals surface area contributed by atoms with Gasteiger partial charge in [0.05, 0.1) is 19.8 Å². The van der Waals surface area contributed by atoms with Crippen molar-refractivity contribution in [2.45, 2.75) is 18.9 Å². The van der Waals surface area contributed by atoms with E-state index in [0.717, 1.165) is 6.42 Å². The number of methoxy groups -OCH3 is 2. The van der Waals surface area contributed by atoms with Crippen molar-refractivity contribution in [2.24, 2.45) is 0 Å². The maximum Gasteiger partial charge on any atom is 0.258 e. The first-order valence-electron chi connectivity index (χ1n) is 7.23. The molecule has 0 spiro atoms. The highest BCUT2D eigenvalue weighted by atomic mass is 16.5. The van der Waals surface area contributed by atoms with Crippen molar-refractivity contribution >= 4 is 11.8 Å². The highest BCUT2D eigenvalue weighted by molar-refractivity contribution is 6.00. The smallest absolute Gasteiger partial charge is 0.258 e. The molecule has 0 aliphatic carbocycles. The highest BCUT2D eigenvalue weighted by Gasteiger charge is 2.36. The van der Waals surface area contributed by atoms with E-state index in [4.69, 9.17) is 9.47 Å². The maximum absolute atomic E-state index is 12.8. The quantitative estimate of drug-likeness (QED) is 0.843. The molecule has 120 valence electrons. The summed E-state index contributed by atoms with van der Waals surface area (Å²) in [5.74, 6) is 0.846. The summed E-state index contributed by atoms with van der Waals surface area (Å²) in [6, 6.07) is 4.67. The second-order valence-electron chi connectivity index (χ2n) is 5.46. The predicted molar refractivity (Wildman–Crippen MR) is 82.3 cm³/mol. The van der Waals surface area contributed by atoms with Crippen molar-refractivity contribution in [1.29, 1.82) is 0 Å². The summed E-state index contributed by atoms with van der Waals surface area (Å²) in [5.41, 5.74) is 0.446. The Morgan fingerprint density at radius 1 is 1.23 bits per heavy atom. The molecular formula is C16H22N2O4. The van der Waals surface area contributed by atoms with Crippen LogP contribution >= 0.6 is 0 Å². The molecule has 0 bridgehead atoms. The third-order valence-corrected chi connectivity index (χ3v) is 3.88. The lowest BCUT2D eigenvalue weighted by Gasteiger charge is -2.26. The first-order valence-corrected chi connectivity index (χ1v) is 7.23. The second-order valence-corrected chi connectivity index (χ2v) is 5.46. The molecule has 0 radical (unpaired) electrons. The number of likely N-dealkylation sites (tertiary alicyclic amines) is 1. The van der Waals surface area contributed by atoms with Crippen LogP contribution in [-0.4, -0.2) is 62.5 Å². The zero-order valence-electron chi connectivity index (χ0n) is 13.5. The van der Waals surface area contributed by atoms with Gasteiger partial charge < -0.3 is 19.3 Å². The molecule has 1 aromatic rings. The minimum atomic E-state index is -0.394. The molecule has 1 heterocycles. The average Bonchev–Trinajstić information content (AvgIpc) is 3.01. The Balaban J connectivity index is 2.29. The molecule has 1 saturated heterocycles. The SMILES string of the molecule is COc1ccc(C(=O)N2CCC[C@H]2C(=O)N(C)C)c(OC)c1. The zero-order valence-corrected chi connectivity index (χ0v) is 13.5. The Kier molecular flexibility index (Phi) is 4.90. The van der Waals surface area contributed by atoms with Crippen LogP contribution in [0.25, 0.3) is 0 Å². The summed E-state index contributed by atoms with van der Waals surface area (Å²) in [4.78, 5) is 28.2. The zero-order chi connectivity index (χ0) is 16.3. The molecule has 2 amide bonds. The molecule has 22 heavy (non-hydrogen) atoms. The van der Waals surface area contributed by atoms with Gasteiger partial charge in [-0.15, -0.1) is 0 Å². The van der Waals surface area contributed by atoms with E-state index < -0.39 is 6.04 Å². The molecule has 0 unspecified atom stereocenters. The average molecular weight is 306 g/mol. The molecule has 1 atom stereocenters. The minimum Gasteiger partial charge on any atom is -0.497 e. The summed E-state index contributed by atoms with van der Waals surface area (Å²) in [5, 5.41) is 0. The summed E-state index contributed by atoms with van der Waals surface area (Å²) >= 11 is 0. The lowest BCUT2D eigenvalue weighted by atomic mass is 10.1. The topological polar surface area (TPSA) is 59.1 Å².